The topological polar surface area (TPSA) is 73.4 Å². The first-order valence-electron chi connectivity index (χ1n) is 7.23. The molecular weight excluding hydrogens is 268 g/mol. The number of amides is 1. The lowest BCUT2D eigenvalue weighted by Crippen LogP contribution is -2.41. The number of nitrogens with zero attached hydrogens (tertiary/aromatic N) is 3. The van der Waals surface area contributed by atoms with E-state index in [1.54, 1.807) is 0 Å². The number of anilines is 1. The second-order valence-corrected chi connectivity index (χ2v) is 5.30. The number of hydrogen-bond acceptors (Lipinski definition) is 4. The Morgan fingerprint density at radius 2 is 2.14 bits per heavy atom. The molecule has 2 heterocycles. The fourth-order valence-electron chi connectivity index (χ4n) is 2.73. The number of carbonyl (C=O) groups excluding carboxylic acids is 1. The summed E-state index contributed by atoms with van der Waals surface area (Å²) in [6.45, 7) is 5.26. The predicted molar refractivity (Wildman–Crippen MR) is 80.9 cm³/mol. The number of imidazole rings is 1. The van der Waals surface area contributed by atoms with E-state index in [0.29, 0.717) is 45.0 Å². The van der Waals surface area contributed by atoms with Crippen LogP contribution in [0.5, 0.6) is 0 Å². The zero-order valence-electron chi connectivity index (χ0n) is 12.2. The quantitative estimate of drug-likeness (QED) is 0.861. The van der Waals surface area contributed by atoms with Gasteiger partial charge in [-0.15, -0.1) is 0 Å². The normalized spacial score (nSPS) is 15.6. The fourth-order valence-corrected chi connectivity index (χ4v) is 2.73. The molecule has 1 saturated heterocycles. The molecule has 0 bridgehead atoms. The van der Waals surface area contributed by atoms with Crippen LogP contribution < -0.4 is 5.73 Å². The van der Waals surface area contributed by atoms with Gasteiger partial charge < -0.3 is 19.9 Å². The van der Waals surface area contributed by atoms with E-state index in [2.05, 4.69) is 9.55 Å². The lowest BCUT2D eigenvalue weighted by Gasteiger charge is -2.27. The fraction of sp³-hybridized carbons (Fsp3) is 0.467. The third kappa shape index (κ3) is 2.85. The van der Waals surface area contributed by atoms with Crippen molar-refractivity contribution in [2.45, 2.75) is 19.9 Å². The van der Waals surface area contributed by atoms with Crippen molar-refractivity contribution in [3.63, 3.8) is 0 Å². The van der Waals surface area contributed by atoms with Crippen LogP contribution in [0.4, 0.5) is 5.69 Å². The molecule has 0 radical (unpaired) electrons. The summed E-state index contributed by atoms with van der Waals surface area (Å²) < 4.78 is 7.34. The van der Waals surface area contributed by atoms with E-state index in [9.17, 15) is 4.79 Å². The van der Waals surface area contributed by atoms with Crippen molar-refractivity contribution < 1.29 is 9.53 Å². The molecular formula is C15H20N4O2. The van der Waals surface area contributed by atoms with E-state index in [-0.39, 0.29) is 5.91 Å². The first kappa shape index (κ1) is 13.9. The van der Waals surface area contributed by atoms with Crippen molar-refractivity contribution in [1.29, 1.82) is 0 Å². The zero-order chi connectivity index (χ0) is 14.8. The van der Waals surface area contributed by atoms with Gasteiger partial charge in [0.2, 0.25) is 5.91 Å². The molecule has 1 amide bonds. The van der Waals surface area contributed by atoms with Crippen LogP contribution in [-0.2, 0) is 16.1 Å². The number of fused-ring (bicyclic) bond motifs is 1. The maximum Gasteiger partial charge on any atom is 0.224 e. The van der Waals surface area contributed by atoms with Gasteiger partial charge >= 0.3 is 0 Å². The van der Waals surface area contributed by atoms with Gasteiger partial charge in [-0.1, -0.05) is 0 Å². The maximum absolute atomic E-state index is 12.2. The second kappa shape index (κ2) is 5.73. The minimum Gasteiger partial charge on any atom is -0.399 e. The highest BCUT2D eigenvalue weighted by molar-refractivity contribution is 5.80. The minimum absolute atomic E-state index is 0.176. The van der Waals surface area contributed by atoms with Gasteiger partial charge in [0.25, 0.3) is 0 Å². The summed E-state index contributed by atoms with van der Waals surface area (Å²) in [5.74, 6) is 1.08. The molecule has 0 atom stereocenters. The van der Waals surface area contributed by atoms with Crippen LogP contribution in [0, 0.1) is 6.92 Å². The standard InChI is InChI=1S/C15H20N4O2/c1-11-17-13-10-12(16)2-3-14(13)19(11)5-4-15(20)18-6-8-21-9-7-18/h2-3,10H,4-9,16H2,1H3. The van der Waals surface area contributed by atoms with Gasteiger partial charge in [0.05, 0.1) is 24.2 Å². The molecule has 3 rings (SSSR count). The summed E-state index contributed by atoms with van der Waals surface area (Å²) in [5, 5.41) is 0. The molecule has 2 N–H and O–H groups in total. The van der Waals surface area contributed by atoms with E-state index in [1.807, 2.05) is 30.0 Å². The Morgan fingerprint density at radius 1 is 1.38 bits per heavy atom. The molecule has 1 aromatic carbocycles. The Morgan fingerprint density at radius 3 is 2.90 bits per heavy atom. The molecule has 0 aliphatic carbocycles. The van der Waals surface area contributed by atoms with Crippen molar-refractivity contribution in [2.75, 3.05) is 32.0 Å². The molecule has 1 aliphatic heterocycles. The monoisotopic (exact) mass is 288 g/mol. The van der Waals surface area contributed by atoms with Crippen LogP contribution in [0.1, 0.15) is 12.2 Å². The number of ether oxygens (including phenoxy) is 1. The smallest absolute Gasteiger partial charge is 0.224 e. The summed E-state index contributed by atoms with van der Waals surface area (Å²) in [7, 11) is 0. The predicted octanol–water partition coefficient (Wildman–Crippen LogP) is 1.18. The lowest BCUT2D eigenvalue weighted by atomic mass is 10.2. The van der Waals surface area contributed by atoms with Gasteiger partial charge in [-0.3, -0.25) is 4.79 Å². The van der Waals surface area contributed by atoms with Gasteiger partial charge in [0.15, 0.2) is 0 Å². The number of aromatic nitrogens is 2. The SMILES string of the molecule is Cc1nc2cc(N)ccc2n1CCC(=O)N1CCOCC1. The molecule has 0 saturated carbocycles. The number of hydrogen-bond donors (Lipinski definition) is 1. The number of aryl methyl sites for hydroxylation is 2. The molecule has 1 aliphatic rings. The average Bonchev–Trinajstić information content (AvgIpc) is 2.80. The number of morpholine rings is 1. The lowest BCUT2D eigenvalue weighted by molar-refractivity contribution is -0.135. The molecule has 21 heavy (non-hydrogen) atoms. The number of carbonyl (C=O) groups is 1. The third-order valence-electron chi connectivity index (χ3n) is 3.88. The van der Waals surface area contributed by atoms with Crippen molar-refractivity contribution in [1.82, 2.24) is 14.5 Å². The Kier molecular flexibility index (Phi) is 3.79. The Hall–Kier alpha value is -2.08. The van der Waals surface area contributed by atoms with Crippen molar-refractivity contribution in [2.24, 2.45) is 0 Å². The highest BCUT2D eigenvalue weighted by Crippen LogP contribution is 2.19. The third-order valence-corrected chi connectivity index (χ3v) is 3.88. The molecule has 0 spiro atoms. The first-order chi connectivity index (χ1) is 10.1. The second-order valence-electron chi connectivity index (χ2n) is 5.30. The van der Waals surface area contributed by atoms with E-state index in [1.165, 1.54) is 0 Å². The summed E-state index contributed by atoms with van der Waals surface area (Å²) in [4.78, 5) is 18.6. The number of rotatable bonds is 3. The summed E-state index contributed by atoms with van der Waals surface area (Å²) in [6.07, 6.45) is 0.483. The van der Waals surface area contributed by atoms with Gasteiger partial charge in [0.1, 0.15) is 5.82 Å². The van der Waals surface area contributed by atoms with Crippen molar-refractivity contribution in [3.8, 4) is 0 Å². The van der Waals surface area contributed by atoms with Crippen LogP contribution in [-0.4, -0.2) is 46.7 Å². The molecule has 6 heteroatoms. The van der Waals surface area contributed by atoms with E-state index in [0.717, 1.165) is 16.9 Å². The molecule has 1 fully saturated rings. The average molecular weight is 288 g/mol. The molecule has 6 nitrogen and oxygen atoms in total. The van der Waals surface area contributed by atoms with Gasteiger partial charge in [-0.05, 0) is 25.1 Å². The number of nitrogen functional groups attached to an aromatic ring is 1. The number of benzene rings is 1. The molecule has 112 valence electrons. The maximum atomic E-state index is 12.2. The minimum atomic E-state index is 0.176. The Labute approximate surface area is 123 Å². The summed E-state index contributed by atoms with van der Waals surface area (Å²) >= 11 is 0. The van der Waals surface area contributed by atoms with Crippen LogP contribution in [0.15, 0.2) is 18.2 Å². The number of nitrogens with two attached hydrogens (primary N) is 1. The van der Waals surface area contributed by atoms with Gasteiger partial charge in [-0.2, -0.15) is 0 Å². The zero-order valence-corrected chi connectivity index (χ0v) is 12.2. The van der Waals surface area contributed by atoms with Crippen molar-refractivity contribution in [3.05, 3.63) is 24.0 Å². The van der Waals surface area contributed by atoms with Crippen molar-refractivity contribution >= 4 is 22.6 Å². The molecule has 0 unspecified atom stereocenters. The highest BCUT2D eigenvalue weighted by atomic mass is 16.5. The van der Waals surface area contributed by atoms with E-state index < -0.39 is 0 Å². The van der Waals surface area contributed by atoms with Crippen LogP contribution in [0.25, 0.3) is 11.0 Å². The van der Waals surface area contributed by atoms with Crippen LogP contribution in [0.3, 0.4) is 0 Å². The van der Waals surface area contributed by atoms with E-state index in [4.69, 9.17) is 10.5 Å². The molecule has 2 aromatic rings. The largest absolute Gasteiger partial charge is 0.399 e. The highest BCUT2D eigenvalue weighted by Gasteiger charge is 2.17. The summed E-state index contributed by atoms with van der Waals surface area (Å²) in [5.41, 5.74) is 8.39. The first-order valence-corrected chi connectivity index (χ1v) is 7.23. The van der Waals surface area contributed by atoms with Gasteiger partial charge in [-0.25, -0.2) is 4.98 Å². The van der Waals surface area contributed by atoms with Crippen LogP contribution >= 0.6 is 0 Å². The van der Waals surface area contributed by atoms with E-state index >= 15 is 0 Å². The van der Waals surface area contributed by atoms with Gasteiger partial charge in [0, 0.05) is 31.7 Å². The summed E-state index contributed by atoms with van der Waals surface area (Å²) in [6, 6.07) is 5.69. The van der Waals surface area contributed by atoms with Crippen LogP contribution in [0.2, 0.25) is 0 Å². The Balaban J connectivity index is 1.72. The molecule has 1 aromatic heterocycles. The Bertz CT molecular complexity index is 659.